The lowest BCUT2D eigenvalue weighted by atomic mass is 10.3. The van der Waals surface area contributed by atoms with Crippen LogP contribution in [0.3, 0.4) is 0 Å². The zero-order valence-corrected chi connectivity index (χ0v) is 11.1. The predicted octanol–water partition coefficient (Wildman–Crippen LogP) is 0.180. The van der Waals surface area contributed by atoms with E-state index in [1.165, 1.54) is 11.3 Å². The normalized spacial score (nSPS) is 15.9. The highest BCUT2D eigenvalue weighted by Crippen LogP contribution is 2.31. The van der Waals surface area contributed by atoms with Gasteiger partial charge in [-0.3, -0.25) is 9.59 Å². The molecule has 1 aliphatic rings. The van der Waals surface area contributed by atoms with Gasteiger partial charge in [0.2, 0.25) is 5.91 Å². The van der Waals surface area contributed by atoms with Crippen LogP contribution in [0.15, 0.2) is 12.1 Å². The van der Waals surface area contributed by atoms with Crippen LogP contribution in [-0.4, -0.2) is 41.3 Å². The number of carbonyl (C=O) groups excluding carboxylic acids is 2. The summed E-state index contributed by atoms with van der Waals surface area (Å²) >= 11 is 1.19. The molecule has 1 fully saturated rings. The van der Waals surface area contributed by atoms with Gasteiger partial charge in [0, 0.05) is 12.5 Å². The first-order valence-corrected chi connectivity index (χ1v) is 6.89. The van der Waals surface area contributed by atoms with Gasteiger partial charge in [0.05, 0.1) is 22.6 Å². The molecule has 4 N–H and O–H groups in total. The Balaban J connectivity index is 1.85. The van der Waals surface area contributed by atoms with Gasteiger partial charge in [-0.1, -0.05) is 0 Å². The third-order valence-electron chi connectivity index (χ3n) is 2.73. The molecule has 0 aliphatic heterocycles. The number of anilines is 1. The summed E-state index contributed by atoms with van der Waals surface area (Å²) in [6, 6.07) is 3.30. The molecule has 1 aromatic rings. The molecular weight excluding hydrogens is 268 g/mol. The Morgan fingerprint density at radius 2 is 2.16 bits per heavy atom. The first-order valence-electron chi connectivity index (χ1n) is 6.08. The predicted molar refractivity (Wildman–Crippen MR) is 71.1 cm³/mol. The molecule has 1 aromatic heterocycles. The Morgan fingerprint density at radius 1 is 1.42 bits per heavy atom. The van der Waals surface area contributed by atoms with Gasteiger partial charge in [-0.2, -0.15) is 0 Å². The van der Waals surface area contributed by atoms with E-state index in [0.29, 0.717) is 9.88 Å². The average Bonchev–Trinajstić information content (AvgIpc) is 3.16. The van der Waals surface area contributed by atoms with Crippen molar-refractivity contribution in [1.82, 2.24) is 5.32 Å². The molecule has 19 heavy (non-hydrogen) atoms. The van der Waals surface area contributed by atoms with E-state index in [9.17, 15) is 9.59 Å². The van der Waals surface area contributed by atoms with E-state index in [2.05, 4.69) is 10.6 Å². The highest BCUT2D eigenvalue weighted by molar-refractivity contribution is 7.18. The van der Waals surface area contributed by atoms with E-state index in [1.54, 1.807) is 12.1 Å². The zero-order chi connectivity index (χ0) is 13.8. The van der Waals surface area contributed by atoms with Crippen LogP contribution in [0.5, 0.6) is 0 Å². The van der Waals surface area contributed by atoms with Crippen LogP contribution in [0.25, 0.3) is 0 Å². The van der Waals surface area contributed by atoms with Crippen molar-refractivity contribution in [3.8, 4) is 0 Å². The van der Waals surface area contributed by atoms with E-state index in [-0.39, 0.29) is 24.3 Å². The van der Waals surface area contributed by atoms with Gasteiger partial charge in [-0.15, -0.1) is 11.3 Å². The summed E-state index contributed by atoms with van der Waals surface area (Å²) in [6.07, 6.45) is 0.908. The summed E-state index contributed by atoms with van der Waals surface area (Å²) in [4.78, 5) is 23.7. The zero-order valence-electron chi connectivity index (χ0n) is 10.3. The number of hydrogen-bond acceptors (Lipinski definition) is 5. The number of rotatable bonds is 6. The van der Waals surface area contributed by atoms with Gasteiger partial charge in [0.1, 0.15) is 0 Å². The van der Waals surface area contributed by atoms with Crippen LogP contribution in [0.2, 0.25) is 0 Å². The van der Waals surface area contributed by atoms with Crippen LogP contribution >= 0.6 is 11.3 Å². The molecule has 104 valence electrons. The Bertz CT molecular complexity index is 470. The number of hydrogen-bond donors (Lipinski definition) is 4. The SMILES string of the molecule is O=C(NCC(O)CO)c1ccc(NC(=O)C2CC2)s1. The molecule has 0 radical (unpaired) electrons. The number of thiophene rings is 1. The number of carbonyl (C=O) groups is 2. The maximum absolute atomic E-state index is 11.7. The van der Waals surface area contributed by atoms with Crippen LogP contribution in [0, 0.1) is 5.92 Å². The summed E-state index contributed by atoms with van der Waals surface area (Å²) in [5.74, 6) is -0.201. The Morgan fingerprint density at radius 3 is 2.79 bits per heavy atom. The molecule has 0 spiro atoms. The van der Waals surface area contributed by atoms with Gasteiger partial charge in [-0.25, -0.2) is 0 Å². The van der Waals surface area contributed by atoms with Crippen molar-refractivity contribution in [2.75, 3.05) is 18.5 Å². The quantitative estimate of drug-likeness (QED) is 0.599. The van der Waals surface area contributed by atoms with E-state index >= 15 is 0 Å². The molecule has 1 atom stereocenters. The van der Waals surface area contributed by atoms with E-state index < -0.39 is 12.7 Å². The summed E-state index contributed by atoms with van der Waals surface area (Å²) in [5, 5.41) is 23.7. The second kappa shape index (κ2) is 6.14. The fourth-order valence-electron chi connectivity index (χ4n) is 1.46. The van der Waals surface area contributed by atoms with Gasteiger partial charge < -0.3 is 20.8 Å². The molecule has 2 amide bonds. The van der Waals surface area contributed by atoms with E-state index in [0.717, 1.165) is 12.8 Å². The maximum Gasteiger partial charge on any atom is 0.261 e. The third-order valence-corrected chi connectivity index (χ3v) is 3.73. The van der Waals surface area contributed by atoms with Crippen LogP contribution < -0.4 is 10.6 Å². The molecule has 6 nitrogen and oxygen atoms in total. The van der Waals surface area contributed by atoms with Crippen LogP contribution in [0.1, 0.15) is 22.5 Å². The minimum absolute atomic E-state index is 0.00298. The second-order valence-corrected chi connectivity index (χ2v) is 5.56. The lowest BCUT2D eigenvalue weighted by Crippen LogP contribution is -2.33. The molecule has 1 aliphatic carbocycles. The fourth-order valence-corrected chi connectivity index (χ4v) is 2.28. The van der Waals surface area contributed by atoms with Crippen LogP contribution in [0.4, 0.5) is 5.00 Å². The fraction of sp³-hybridized carbons (Fsp3) is 0.500. The first-order chi connectivity index (χ1) is 9.10. The Kier molecular flexibility index (Phi) is 4.52. The molecule has 0 bridgehead atoms. The minimum atomic E-state index is -0.960. The summed E-state index contributed by atoms with van der Waals surface area (Å²) in [5.41, 5.74) is 0. The van der Waals surface area contributed by atoms with Crippen LogP contribution in [-0.2, 0) is 4.79 Å². The monoisotopic (exact) mass is 284 g/mol. The maximum atomic E-state index is 11.7. The minimum Gasteiger partial charge on any atom is -0.394 e. The molecule has 1 saturated carbocycles. The molecule has 7 heteroatoms. The molecule has 1 heterocycles. The van der Waals surface area contributed by atoms with Crippen molar-refractivity contribution >= 4 is 28.2 Å². The number of aliphatic hydroxyl groups excluding tert-OH is 2. The Labute approximate surface area is 114 Å². The van der Waals surface area contributed by atoms with Crippen molar-refractivity contribution in [1.29, 1.82) is 0 Å². The topological polar surface area (TPSA) is 98.7 Å². The third kappa shape index (κ3) is 4.02. The molecule has 2 rings (SSSR count). The van der Waals surface area contributed by atoms with Gasteiger partial charge in [0.25, 0.3) is 5.91 Å². The first kappa shape index (κ1) is 14.0. The number of aliphatic hydroxyl groups is 2. The molecule has 0 aromatic carbocycles. The summed E-state index contributed by atoms with van der Waals surface area (Å²) in [6.45, 7) is -0.398. The molecule has 0 saturated heterocycles. The van der Waals surface area contributed by atoms with Gasteiger partial charge >= 0.3 is 0 Å². The largest absolute Gasteiger partial charge is 0.394 e. The summed E-state index contributed by atoms with van der Waals surface area (Å²) in [7, 11) is 0. The second-order valence-electron chi connectivity index (χ2n) is 4.47. The van der Waals surface area contributed by atoms with Gasteiger partial charge in [0.15, 0.2) is 0 Å². The molecular formula is C12H16N2O4S. The van der Waals surface area contributed by atoms with Crippen molar-refractivity contribution in [3.05, 3.63) is 17.0 Å². The average molecular weight is 284 g/mol. The smallest absolute Gasteiger partial charge is 0.261 e. The Hall–Kier alpha value is -1.44. The number of amides is 2. The van der Waals surface area contributed by atoms with Crippen molar-refractivity contribution in [2.24, 2.45) is 5.92 Å². The van der Waals surface area contributed by atoms with Crippen molar-refractivity contribution in [2.45, 2.75) is 18.9 Å². The van der Waals surface area contributed by atoms with Crippen molar-refractivity contribution in [3.63, 3.8) is 0 Å². The lowest BCUT2D eigenvalue weighted by Gasteiger charge is -2.07. The highest BCUT2D eigenvalue weighted by atomic mass is 32.1. The van der Waals surface area contributed by atoms with Gasteiger partial charge in [-0.05, 0) is 25.0 Å². The lowest BCUT2D eigenvalue weighted by molar-refractivity contribution is -0.117. The number of nitrogens with one attached hydrogen (secondary N) is 2. The summed E-state index contributed by atoms with van der Waals surface area (Å²) < 4.78 is 0. The van der Waals surface area contributed by atoms with E-state index in [4.69, 9.17) is 10.2 Å². The van der Waals surface area contributed by atoms with Crippen molar-refractivity contribution < 1.29 is 19.8 Å². The molecule has 1 unspecified atom stereocenters. The highest BCUT2D eigenvalue weighted by Gasteiger charge is 2.29. The van der Waals surface area contributed by atoms with E-state index in [1.807, 2.05) is 0 Å². The standard InChI is InChI=1S/C12H16N2O4S/c15-6-8(16)5-13-12(18)9-3-4-10(19-9)14-11(17)7-1-2-7/h3-4,7-8,15-16H,1-2,5-6H2,(H,13,18)(H,14,17).